The van der Waals surface area contributed by atoms with E-state index in [2.05, 4.69) is 27.4 Å². The van der Waals surface area contributed by atoms with E-state index in [9.17, 15) is 4.79 Å². The van der Waals surface area contributed by atoms with Crippen LogP contribution in [-0.4, -0.2) is 54.5 Å². The number of furan rings is 1. The Morgan fingerprint density at radius 1 is 1.52 bits per heavy atom. The van der Waals surface area contributed by atoms with Crippen LogP contribution in [0, 0.1) is 0 Å². The second kappa shape index (κ2) is 10.8. The second-order valence-electron chi connectivity index (χ2n) is 5.10. The molecule has 2 heterocycles. The molecule has 2 N–H and O–H groups in total. The molecule has 130 valence electrons. The van der Waals surface area contributed by atoms with Crippen LogP contribution in [0.25, 0.3) is 0 Å². The topological polar surface area (TPSA) is 69.9 Å². The SMILES string of the molecule is CCC1CN(C(=NC)NCC(=O)NCc2ccco2)CCS1.I. The number of amides is 1. The largest absolute Gasteiger partial charge is 0.467 e. The summed E-state index contributed by atoms with van der Waals surface area (Å²) in [5.41, 5.74) is 0. The van der Waals surface area contributed by atoms with Crippen LogP contribution in [0.4, 0.5) is 0 Å². The maximum absolute atomic E-state index is 11.9. The third kappa shape index (κ3) is 6.62. The Morgan fingerprint density at radius 2 is 2.35 bits per heavy atom. The van der Waals surface area contributed by atoms with Crippen LogP contribution in [0.15, 0.2) is 27.8 Å². The predicted molar refractivity (Wildman–Crippen MR) is 105 cm³/mol. The molecular formula is C15H25IN4O2S. The molecule has 1 unspecified atom stereocenters. The number of carbonyl (C=O) groups is 1. The third-order valence-corrected chi connectivity index (χ3v) is 4.92. The number of hydrogen-bond acceptors (Lipinski definition) is 4. The van der Waals surface area contributed by atoms with E-state index >= 15 is 0 Å². The molecule has 1 aliphatic rings. The molecule has 0 saturated carbocycles. The van der Waals surface area contributed by atoms with Gasteiger partial charge in [0.05, 0.1) is 19.4 Å². The van der Waals surface area contributed by atoms with Crippen molar-refractivity contribution in [3.8, 4) is 0 Å². The van der Waals surface area contributed by atoms with Crippen molar-refractivity contribution in [2.24, 2.45) is 4.99 Å². The molecule has 23 heavy (non-hydrogen) atoms. The van der Waals surface area contributed by atoms with E-state index in [1.54, 1.807) is 19.4 Å². The van der Waals surface area contributed by atoms with Gasteiger partial charge in [0.1, 0.15) is 5.76 Å². The number of hydrogen-bond donors (Lipinski definition) is 2. The highest BCUT2D eigenvalue weighted by molar-refractivity contribution is 14.0. The summed E-state index contributed by atoms with van der Waals surface area (Å²) in [5.74, 6) is 2.57. The lowest BCUT2D eigenvalue weighted by Crippen LogP contribution is -2.50. The molecular weight excluding hydrogens is 427 g/mol. The third-order valence-electron chi connectivity index (χ3n) is 3.55. The summed E-state index contributed by atoms with van der Waals surface area (Å²) in [6.45, 7) is 4.78. The number of thioether (sulfide) groups is 1. The summed E-state index contributed by atoms with van der Waals surface area (Å²) in [6.07, 6.45) is 2.75. The first-order valence-corrected chi connectivity index (χ1v) is 8.64. The van der Waals surface area contributed by atoms with Gasteiger partial charge in [-0.25, -0.2) is 0 Å². The molecule has 0 radical (unpaired) electrons. The molecule has 1 fully saturated rings. The number of nitrogens with zero attached hydrogens (tertiary/aromatic N) is 2. The number of guanidine groups is 1. The van der Waals surface area contributed by atoms with Crippen LogP contribution >= 0.6 is 35.7 Å². The van der Waals surface area contributed by atoms with Crippen LogP contribution in [-0.2, 0) is 11.3 Å². The van der Waals surface area contributed by atoms with Gasteiger partial charge in [0.15, 0.2) is 5.96 Å². The summed E-state index contributed by atoms with van der Waals surface area (Å²) in [4.78, 5) is 18.4. The van der Waals surface area contributed by atoms with Gasteiger partial charge in [-0.3, -0.25) is 9.79 Å². The second-order valence-corrected chi connectivity index (χ2v) is 6.51. The van der Waals surface area contributed by atoms with E-state index < -0.39 is 0 Å². The van der Waals surface area contributed by atoms with E-state index in [0.717, 1.165) is 37.0 Å². The molecule has 0 spiro atoms. The molecule has 1 aromatic heterocycles. The Balaban J connectivity index is 0.00000264. The number of carbonyl (C=O) groups excluding carboxylic acids is 1. The van der Waals surface area contributed by atoms with E-state index in [-0.39, 0.29) is 36.4 Å². The molecule has 8 heteroatoms. The van der Waals surface area contributed by atoms with Crippen LogP contribution in [0.5, 0.6) is 0 Å². The van der Waals surface area contributed by atoms with E-state index in [0.29, 0.717) is 11.8 Å². The first-order valence-electron chi connectivity index (χ1n) is 7.59. The summed E-state index contributed by atoms with van der Waals surface area (Å²) < 4.78 is 5.18. The number of rotatable bonds is 5. The van der Waals surface area contributed by atoms with Crippen molar-refractivity contribution < 1.29 is 9.21 Å². The highest BCUT2D eigenvalue weighted by atomic mass is 127. The van der Waals surface area contributed by atoms with Crippen molar-refractivity contribution in [1.82, 2.24) is 15.5 Å². The molecule has 0 aliphatic carbocycles. The normalized spacial score (nSPS) is 18.3. The van der Waals surface area contributed by atoms with E-state index in [1.165, 1.54) is 0 Å². The smallest absolute Gasteiger partial charge is 0.239 e. The van der Waals surface area contributed by atoms with Crippen molar-refractivity contribution in [1.29, 1.82) is 0 Å². The molecule has 1 amide bonds. The first-order chi connectivity index (χ1) is 10.7. The molecule has 0 aromatic carbocycles. The van der Waals surface area contributed by atoms with Gasteiger partial charge in [-0.2, -0.15) is 11.8 Å². The molecule has 1 aliphatic heterocycles. The monoisotopic (exact) mass is 452 g/mol. The van der Waals surface area contributed by atoms with E-state index in [4.69, 9.17) is 4.42 Å². The number of nitrogens with one attached hydrogen (secondary N) is 2. The Labute approximate surface area is 158 Å². The maximum Gasteiger partial charge on any atom is 0.239 e. The van der Waals surface area contributed by atoms with Gasteiger partial charge in [0.2, 0.25) is 5.91 Å². The Morgan fingerprint density at radius 3 is 3.00 bits per heavy atom. The molecule has 6 nitrogen and oxygen atoms in total. The van der Waals surface area contributed by atoms with Crippen LogP contribution < -0.4 is 10.6 Å². The highest BCUT2D eigenvalue weighted by Gasteiger charge is 2.21. The van der Waals surface area contributed by atoms with Crippen molar-refractivity contribution in [3.05, 3.63) is 24.2 Å². The minimum absolute atomic E-state index is 0. The predicted octanol–water partition coefficient (Wildman–Crippen LogP) is 1.92. The van der Waals surface area contributed by atoms with E-state index in [1.807, 2.05) is 17.8 Å². The zero-order valence-electron chi connectivity index (χ0n) is 13.6. The van der Waals surface area contributed by atoms with Crippen molar-refractivity contribution in [3.63, 3.8) is 0 Å². The van der Waals surface area contributed by atoms with Crippen LogP contribution in [0.2, 0.25) is 0 Å². The molecule has 1 atom stereocenters. The average molecular weight is 452 g/mol. The lowest BCUT2D eigenvalue weighted by Gasteiger charge is -2.34. The Hall–Kier alpha value is -0.900. The quantitative estimate of drug-likeness (QED) is 0.406. The fourth-order valence-corrected chi connectivity index (χ4v) is 3.49. The van der Waals surface area contributed by atoms with Gasteiger partial charge in [-0.15, -0.1) is 24.0 Å². The summed E-state index contributed by atoms with van der Waals surface area (Å²) in [6, 6.07) is 3.64. The maximum atomic E-state index is 11.9. The molecule has 0 bridgehead atoms. The highest BCUT2D eigenvalue weighted by Crippen LogP contribution is 2.20. The van der Waals surface area contributed by atoms with Crippen molar-refractivity contribution in [2.75, 3.05) is 32.4 Å². The van der Waals surface area contributed by atoms with Crippen molar-refractivity contribution in [2.45, 2.75) is 25.1 Å². The van der Waals surface area contributed by atoms with Crippen LogP contribution in [0.1, 0.15) is 19.1 Å². The van der Waals surface area contributed by atoms with Crippen LogP contribution in [0.3, 0.4) is 0 Å². The van der Waals surface area contributed by atoms with Gasteiger partial charge < -0.3 is 20.0 Å². The fourth-order valence-electron chi connectivity index (χ4n) is 2.31. The number of aliphatic imine (C=N–C) groups is 1. The first kappa shape index (κ1) is 20.1. The lowest BCUT2D eigenvalue weighted by molar-refractivity contribution is -0.120. The lowest BCUT2D eigenvalue weighted by atomic mass is 10.3. The average Bonchev–Trinajstić information content (AvgIpc) is 3.07. The van der Waals surface area contributed by atoms with Gasteiger partial charge in [-0.1, -0.05) is 6.92 Å². The molecule has 2 rings (SSSR count). The van der Waals surface area contributed by atoms with Gasteiger partial charge in [0.25, 0.3) is 0 Å². The van der Waals surface area contributed by atoms with Gasteiger partial charge in [0, 0.05) is 31.1 Å². The van der Waals surface area contributed by atoms with Gasteiger partial charge in [-0.05, 0) is 18.6 Å². The minimum Gasteiger partial charge on any atom is -0.467 e. The minimum atomic E-state index is -0.0732. The summed E-state index contributed by atoms with van der Waals surface area (Å²) in [5, 5.41) is 6.59. The molecule has 1 saturated heterocycles. The standard InChI is InChI=1S/C15H24N4O2S.HI/c1-3-13-11-19(6-8-22-13)15(16-2)18-10-14(20)17-9-12-5-4-7-21-12;/h4-5,7,13H,3,6,8-11H2,1-2H3,(H,16,18)(H,17,20);1H. The van der Waals surface area contributed by atoms with Crippen molar-refractivity contribution >= 4 is 47.6 Å². The zero-order valence-corrected chi connectivity index (χ0v) is 16.7. The summed E-state index contributed by atoms with van der Waals surface area (Å²) in [7, 11) is 1.76. The zero-order chi connectivity index (χ0) is 15.8. The Bertz CT molecular complexity index is 496. The molecule has 1 aromatic rings. The number of halogens is 1. The van der Waals surface area contributed by atoms with Gasteiger partial charge >= 0.3 is 0 Å². The summed E-state index contributed by atoms with van der Waals surface area (Å²) >= 11 is 2.01. The Kier molecular flexibility index (Phi) is 9.46. The fraction of sp³-hybridized carbons (Fsp3) is 0.600.